The predicted molar refractivity (Wildman–Crippen MR) is 293 cm³/mol. The summed E-state index contributed by atoms with van der Waals surface area (Å²) in [5, 5.41) is 8.16. The van der Waals surface area contributed by atoms with E-state index < -0.39 is 47.0 Å². The topological polar surface area (TPSA) is 182 Å². The normalized spacial score (nSPS) is 18.3. The first-order valence-corrected chi connectivity index (χ1v) is 31.6. The van der Waals surface area contributed by atoms with E-state index in [9.17, 15) is 24.0 Å². The van der Waals surface area contributed by atoms with Gasteiger partial charge in [0.2, 0.25) is 11.8 Å². The minimum atomic E-state index is -2.59. The Bertz CT molecular complexity index is 2300. The monoisotopic (exact) mass is 1050 g/mol. The van der Waals surface area contributed by atoms with E-state index in [0.29, 0.717) is 70.8 Å². The van der Waals surface area contributed by atoms with Crippen molar-refractivity contribution in [2.24, 2.45) is 17.3 Å². The van der Waals surface area contributed by atoms with E-state index in [1.807, 2.05) is 37.8 Å². The van der Waals surface area contributed by atoms with Crippen molar-refractivity contribution in [3.63, 3.8) is 0 Å². The minimum absolute atomic E-state index is 0.0159. The standard InChI is InChI=1S/C56H87N5O10Si2/c1-17-28-68-53(66)57-27-19-18-20-48(63)59-49(35(2)3)46(62)30-40(11)50(64)58-42-23-21-41(22-24-42)33-69-54(67)61-44-31-47(70-73(36(4)5,37(6)7)38(8)9)39(10)29-43(44)51(65)60-34-56(25-26-56)32-45(60)52(61)71-72(15,16)55(12,13)14/h17,21-24,29,31,35-38,40,45,49,52H,1,18-20,25-28,30,32-34H2,2-16H3,(H,57,66)(H,58,64)(H,59,63)/t40-,45+,49+,52?/m1/s1. The van der Waals surface area contributed by atoms with E-state index >= 15 is 4.79 Å². The van der Waals surface area contributed by atoms with Crippen LogP contribution in [0.1, 0.15) is 150 Å². The average molecular weight is 1050 g/mol. The molecule has 2 heterocycles. The van der Waals surface area contributed by atoms with Crippen LogP contribution < -0.4 is 25.3 Å². The molecular formula is C56H87N5O10Si2. The van der Waals surface area contributed by atoms with Gasteiger partial charge in [-0.05, 0) is 114 Å². The molecule has 1 unspecified atom stereocenters. The number of alkyl carbamates (subject to hydrolysis) is 1. The number of unbranched alkanes of at least 4 members (excludes halogenated alkanes) is 1. The highest BCUT2D eigenvalue weighted by Crippen LogP contribution is 2.58. The number of anilines is 2. The molecule has 17 heteroatoms. The van der Waals surface area contributed by atoms with Crippen LogP contribution in [0.5, 0.6) is 5.75 Å². The molecule has 15 nitrogen and oxygen atoms in total. The number of hydrogen-bond acceptors (Lipinski definition) is 10. The summed E-state index contributed by atoms with van der Waals surface area (Å²) < 4.78 is 25.8. The van der Waals surface area contributed by atoms with Crippen molar-refractivity contribution >= 4 is 63.7 Å². The molecule has 4 atom stereocenters. The summed E-state index contributed by atoms with van der Waals surface area (Å²) in [6.07, 6.45) is 3.43. The molecule has 0 radical (unpaired) electrons. The summed E-state index contributed by atoms with van der Waals surface area (Å²) in [6, 6.07) is 9.65. The Morgan fingerprint density at radius 2 is 1.53 bits per heavy atom. The highest BCUT2D eigenvalue weighted by Gasteiger charge is 2.60. The van der Waals surface area contributed by atoms with Crippen molar-refractivity contribution in [3.05, 3.63) is 65.7 Å². The second kappa shape index (κ2) is 24.1. The van der Waals surface area contributed by atoms with E-state index in [4.69, 9.17) is 18.3 Å². The maximum atomic E-state index is 15.1. The number of aryl methyl sites for hydroxylation is 1. The SMILES string of the molecule is C=CCOC(=O)NCCCCC(=O)N[C@H](C(=O)C[C@@H](C)C(=O)Nc1ccc(COC(=O)N2c3cc(O[Si](C(C)C)(C(C)C)C(C)C)c(C)cc3C(=O)N3CC4(CC4)C[C@H]3C2O[Si](C)(C)C(C)(C)C)cc1)C(C)C. The molecule has 3 N–H and O–H groups in total. The van der Waals surface area contributed by atoms with E-state index in [1.165, 1.54) is 6.08 Å². The lowest BCUT2D eigenvalue weighted by atomic mass is 9.92. The summed E-state index contributed by atoms with van der Waals surface area (Å²) >= 11 is 0. The number of rotatable bonds is 23. The maximum Gasteiger partial charge on any atom is 0.416 e. The fraction of sp³-hybridized carbons (Fsp3) is 0.643. The number of nitrogens with one attached hydrogen (secondary N) is 3. The Morgan fingerprint density at radius 3 is 2.10 bits per heavy atom. The van der Waals surface area contributed by atoms with Gasteiger partial charge in [0.25, 0.3) is 14.2 Å². The van der Waals surface area contributed by atoms with Crippen LogP contribution in [0.2, 0.25) is 34.8 Å². The van der Waals surface area contributed by atoms with Crippen molar-refractivity contribution in [2.75, 3.05) is 29.9 Å². The van der Waals surface area contributed by atoms with Crippen molar-refractivity contribution in [1.82, 2.24) is 15.5 Å². The zero-order chi connectivity index (χ0) is 54.4. The van der Waals surface area contributed by atoms with Gasteiger partial charge in [-0.2, -0.15) is 0 Å². The minimum Gasteiger partial charge on any atom is -0.542 e. The number of Topliss-reactive ketones (excluding diaryl/α,β-unsaturated/α-hetero) is 1. The highest BCUT2D eigenvalue weighted by molar-refractivity contribution is 6.78. The largest absolute Gasteiger partial charge is 0.542 e. The zero-order valence-electron chi connectivity index (χ0n) is 46.6. The number of fused-ring (bicyclic) bond motifs is 2. The van der Waals surface area contributed by atoms with Crippen LogP contribution in [0.3, 0.4) is 0 Å². The quantitative estimate of drug-likeness (QED) is 0.0550. The molecule has 1 aliphatic carbocycles. The first-order valence-electron chi connectivity index (χ1n) is 26.6. The molecule has 1 saturated carbocycles. The molecule has 2 aromatic rings. The third kappa shape index (κ3) is 14.0. The number of carbonyl (C=O) groups is 6. The molecule has 2 aromatic carbocycles. The molecule has 0 aromatic heterocycles. The van der Waals surface area contributed by atoms with Crippen LogP contribution in [-0.2, 0) is 34.9 Å². The summed E-state index contributed by atoms with van der Waals surface area (Å²) in [6.45, 7) is 36.1. The van der Waals surface area contributed by atoms with Crippen molar-refractivity contribution in [3.8, 4) is 5.75 Å². The molecule has 2 fully saturated rings. The van der Waals surface area contributed by atoms with Gasteiger partial charge in [-0.1, -0.05) is 108 Å². The van der Waals surface area contributed by atoms with Gasteiger partial charge in [-0.15, -0.1) is 0 Å². The Balaban J connectivity index is 1.33. The van der Waals surface area contributed by atoms with Crippen LogP contribution in [-0.4, -0.2) is 95.2 Å². The van der Waals surface area contributed by atoms with Gasteiger partial charge in [-0.25, -0.2) is 14.5 Å². The van der Waals surface area contributed by atoms with Gasteiger partial charge in [0.05, 0.1) is 23.3 Å². The van der Waals surface area contributed by atoms with Crippen LogP contribution in [0.25, 0.3) is 0 Å². The van der Waals surface area contributed by atoms with Crippen LogP contribution >= 0.6 is 0 Å². The van der Waals surface area contributed by atoms with Crippen molar-refractivity contribution in [1.29, 1.82) is 0 Å². The van der Waals surface area contributed by atoms with E-state index in [1.54, 1.807) is 36.1 Å². The summed E-state index contributed by atoms with van der Waals surface area (Å²) in [7, 11) is -5.06. The van der Waals surface area contributed by atoms with Crippen molar-refractivity contribution < 1.29 is 47.1 Å². The third-order valence-corrected chi connectivity index (χ3v) is 26.3. The van der Waals surface area contributed by atoms with Gasteiger partial charge in [0.1, 0.15) is 19.0 Å². The van der Waals surface area contributed by atoms with Crippen molar-refractivity contribution in [2.45, 2.75) is 195 Å². The van der Waals surface area contributed by atoms with Gasteiger partial charge < -0.3 is 39.2 Å². The fourth-order valence-electron chi connectivity index (χ4n) is 10.4. The summed E-state index contributed by atoms with van der Waals surface area (Å²) in [5.41, 5.74) is 3.77. The molecular weight excluding hydrogens is 959 g/mol. The van der Waals surface area contributed by atoms with E-state index in [0.717, 1.165) is 24.8 Å². The predicted octanol–water partition coefficient (Wildman–Crippen LogP) is 11.8. The molecule has 1 spiro atoms. The van der Waals surface area contributed by atoms with Gasteiger partial charge >= 0.3 is 12.2 Å². The van der Waals surface area contributed by atoms with Gasteiger partial charge in [-0.3, -0.25) is 19.2 Å². The Kier molecular flexibility index (Phi) is 19.5. The van der Waals surface area contributed by atoms with Gasteiger partial charge in [0, 0.05) is 43.6 Å². The van der Waals surface area contributed by atoms with Crippen LogP contribution in [0.4, 0.5) is 21.0 Å². The Morgan fingerprint density at radius 1 is 0.904 bits per heavy atom. The van der Waals surface area contributed by atoms with Crippen LogP contribution in [0, 0.1) is 24.2 Å². The Hall–Kier alpha value is -5.01. The third-order valence-electron chi connectivity index (χ3n) is 15.8. The molecule has 2 aliphatic heterocycles. The number of ketones is 1. The number of carbonyl (C=O) groups excluding carboxylic acids is 6. The average Bonchev–Trinajstić information content (AvgIpc) is 3.97. The van der Waals surface area contributed by atoms with E-state index in [-0.39, 0.29) is 72.0 Å². The highest BCUT2D eigenvalue weighted by atomic mass is 28.4. The second-order valence-electron chi connectivity index (χ2n) is 23.8. The van der Waals surface area contributed by atoms with E-state index in [2.05, 4.69) is 97.9 Å². The lowest BCUT2D eigenvalue weighted by Crippen LogP contribution is -2.58. The fourth-order valence-corrected chi connectivity index (χ4v) is 17.0. The number of amides is 5. The molecule has 3 aliphatic rings. The second-order valence-corrected chi connectivity index (χ2v) is 33.9. The molecule has 73 heavy (non-hydrogen) atoms. The first kappa shape index (κ1) is 58.9. The first-order chi connectivity index (χ1) is 34.1. The number of nitrogens with zero attached hydrogens (tertiary/aromatic N) is 2. The number of benzene rings is 2. The van der Waals surface area contributed by atoms with Gasteiger partial charge in [0.15, 0.2) is 20.3 Å². The molecule has 5 rings (SSSR count). The lowest BCUT2D eigenvalue weighted by Gasteiger charge is -2.44. The molecule has 5 amide bonds. The smallest absolute Gasteiger partial charge is 0.416 e. The summed E-state index contributed by atoms with van der Waals surface area (Å²) in [5.74, 6) is -1.21. The Labute approximate surface area is 437 Å². The maximum absolute atomic E-state index is 15.1. The molecule has 404 valence electrons. The van der Waals surface area contributed by atoms with Crippen LogP contribution in [0.15, 0.2) is 49.1 Å². The number of ether oxygens (including phenoxy) is 2. The zero-order valence-corrected chi connectivity index (χ0v) is 48.6. The number of hydrogen-bond donors (Lipinski definition) is 3. The molecule has 1 saturated heterocycles. The lowest BCUT2D eigenvalue weighted by molar-refractivity contribution is -0.130. The molecule has 0 bridgehead atoms. The summed E-state index contributed by atoms with van der Waals surface area (Å²) in [4.78, 5) is 84.9.